The number of carbonyl (C=O) groups excluding carboxylic acids is 1. The molecule has 5 heteroatoms. The molecular formula is C12H22N2O3. The van der Waals surface area contributed by atoms with Gasteiger partial charge in [0.15, 0.2) is 0 Å². The van der Waals surface area contributed by atoms with Crippen molar-refractivity contribution in [2.45, 2.75) is 33.1 Å². The molecule has 2 atom stereocenters. The Morgan fingerprint density at radius 1 is 1.53 bits per heavy atom. The maximum atomic E-state index is 11.7. The van der Waals surface area contributed by atoms with E-state index in [4.69, 9.17) is 5.11 Å². The molecule has 0 aromatic carbocycles. The van der Waals surface area contributed by atoms with Crippen molar-refractivity contribution in [2.24, 2.45) is 11.8 Å². The molecule has 0 radical (unpaired) electrons. The number of piperidine rings is 1. The van der Waals surface area contributed by atoms with Crippen LogP contribution in [0.2, 0.25) is 0 Å². The van der Waals surface area contributed by atoms with Gasteiger partial charge in [-0.25, -0.2) is 4.79 Å². The molecule has 1 aliphatic rings. The lowest BCUT2D eigenvalue weighted by molar-refractivity contribution is -0.138. The van der Waals surface area contributed by atoms with Gasteiger partial charge < -0.3 is 15.3 Å². The molecule has 2 N–H and O–H groups in total. The van der Waals surface area contributed by atoms with E-state index in [9.17, 15) is 9.59 Å². The third-order valence-electron chi connectivity index (χ3n) is 3.37. The summed E-state index contributed by atoms with van der Waals surface area (Å²) in [7, 11) is 0. The highest BCUT2D eigenvalue weighted by Gasteiger charge is 2.27. The highest BCUT2D eigenvalue weighted by atomic mass is 16.4. The standard InChI is InChI=1S/C12H22N2O3/c1-3-13-12(17)14-6-4-5-10(8-14)9(2)7-11(15)16/h9-10H,3-8H2,1-2H3,(H,13,17)(H,15,16). The maximum absolute atomic E-state index is 11.7. The summed E-state index contributed by atoms with van der Waals surface area (Å²) in [6.07, 6.45) is 2.17. The van der Waals surface area contributed by atoms with Crippen molar-refractivity contribution in [1.82, 2.24) is 10.2 Å². The van der Waals surface area contributed by atoms with Crippen molar-refractivity contribution >= 4 is 12.0 Å². The molecule has 2 amide bonds. The van der Waals surface area contributed by atoms with E-state index in [0.29, 0.717) is 19.0 Å². The fourth-order valence-corrected chi connectivity index (χ4v) is 2.36. The van der Waals surface area contributed by atoms with Crippen molar-refractivity contribution in [3.05, 3.63) is 0 Å². The Balaban J connectivity index is 2.48. The van der Waals surface area contributed by atoms with Crippen LogP contribution in [-0.4, -0.2) is 41.6 Å². The minimum Gasteiger partial charge on any atom is -0.481 e. The lowest BCUT2D eigenvalue weighted by Crippen LogP contribution is -2.46. The Kier molecular flexibility index (Phi) is 5.25. The van der Waals surface area contributed by atoms with Crippen LogP contribution in [0.4, 0.5) is 4.79 Å². The van der Waals surface area contributed by atoms with Gasteiger partial charge in [-0.05, 0) is 31.6 Å². The quantitative estimate of drug-likeness (QED) is 0.785. The van der Waals surface area contributed by atoms with E-state index < -0.39 is 5.97 Å². The molecule has 1 fully saturated rings. The van der Waals surface area contributed by atoms with Gasteiger partial charge in [0.25, 0.3) is 0 Å². The number of hydrogen-bond acceptors (Lipinski definition) is 2. The zero-order chi connectivity index (χ0) is 12.8. The van der Waals surface area contributed by atoms with Gasteiger partial charge in [0.2, 0.25) is 0 Å². The molecule has 1 aliphatic heterocycles. The molecule has 1 saturated heterocycles. The van der Waals surface area contributed by atoms with E-state index in [0.717, 1.165) is 19.4 Å². The first-order valence-electron chi connectivity index (χ1n) is 6.29. The van der Waals surface area contributed by atoms with Crippen LogP contribution in [0.5, 0.6) is 0 Å². The Bertz CT molecular complexity index is 281. The number of rotatable bonds is 4. The van der Waals surface area contributed by atoms with Gasteiger partial charge in [-0.2, -0.15) is 0 Å². The third-order valence-corrected chi connectivity index (χ3v) is 3.37. The topological polar surface area (TPSA) is 69.6 Å². The predicted octanol–water partition coefficient (Wildman–Crippen LogP) is 1.54. The van der Waals surface area contributed by atoms with E-state index in [-0.39, 0.29) is 18.4 Å². The van der Waals surface area contributed by atoms with Crippen molar-refractivity contribution in [3.8, 4) is 0 Å². The largest absolute Gasteiger partial charge is 0.481 e. The molecule has 0 spiro atoms. The second-order valence-corrected chi connectivity index (χ2v) is 4.76. The Hall–Kier alpha value is -1.26. The van der Waals surface area contributed by atoms with Gasteiger partial charge in [-0.15, -0.1) is 0 Å². The number of nitrogens with zero attached hydrogens (tertiary/aromatic N) is 1. The number of likely N-dealkylation sites (tertiary alicyclic amines) is 1. The first kappa shape index (κ1) is 13.8. The molecule has 1 rings (SSSR count). The molecule has 0 aliphatic carbocycles. The average Bonchev–Trinajstić information content (AvgIpc) is 2.28. The van der Waals surface area contributed by atoms with E-state index in [1.165, 1.54) is 0 Å². The van der Waals surface area contributed by atoms with Gasteiger partial charge in [0.1, 0.15) is 0 Å². The summed E-state index contributed by atoms with van der Waals surface area (Å²) in [4.78, 5) is 24.2. The van der Waals surface area contributed by atoms with Crippen LogP contribution in [0.1, 0.15) is 33.1 Å². The number of carbonyl (C=O) groups is 2. The SMILES string of the molecule is CCNC(=O)N1CCCC(C(C)CC(=O)O)C1. The van der Waals surface area contributed by atoms with Crippen LogP contribution in [0.3, 0.4) is 0 Å². The fraction of sp³-hybridized carbons (Fsp3) is 0.833. The van der Waals surface area contributed by atoms with Crippen molar-refractivity contribution < 1.29 is 14.7 Å². The molecule has 5 nitrogen and oxygen atoms in total. The van der Waals surface area contributed by atoms with Crippen LogP contribution in [-0.2, 0) is 4.79 Å². The van der Waals surface area contributed by atoms with Crippen molar-refractivity contribution in [1.29, 1.82) is 0 Å². The second-order valence-electron chi connectivity index (χ2n) is 4.76. The van der Waals surface area contributed by atoms with Gasteiger partial charge in [0.05, 0.1) is 0 Å². The molecule has 0 bridgehead atoms. The molecule has 0 aromatic rings. The summed E-state index contributed by atoms with van der Waals surface area (Å²) >= 11 is 0. The summed E-state index contributed by atoms with van der Waals surface area (Å²) in [5.74, 6) is -0.320. The number of carboxylic acids is 1. The van der Waals surface area contributed by atoms with E-state index in [1.54, 1.807) is 4.90 Å². The van der Waals surface area contributed by atoms with Crippen LogP contribution >= 0.6 is 0 Å². The summed E-state index contributed by atoms with van der Waals surface area (Å²) < 4.78 is 0. The average molecular weight is 242 g/mol. The Morgan fingerprint density at radius 2 is 2.24 bits per heavy atom. The van der Waals surface area contributed by atoms with Crippen LogP contribution in [0, 0.1) is 11.8 Å². The first-order chi connectivity index (χ1) is 8.04. The van der Waals surface area contributed by atoms with Crippen LogP contribution in [0.15, 0.2) is 0 Å². The van der Waals surface area contributed by atoms with Crippen molar-refractivity contribution in [2.75, 3.05) is 19.6 Å². The molecule has 0 saturated carbocycles. The summed E-state index contributed by atoms with van der Waals surface area (Å²) in [5.41, 5.74) is 0. The lowest BCUT2D eigenvalue weighted by Gasteiger charge is -2.35. The number of urea groups is 1. The molecular weight excluding hydrogens is 220 g/mol. The second kappa shape index (κ2) is 6.47. The summed E-state index contributed by atoms with van der Waals surface area (Å²) in [6.45, 7) is 5.94. The van der Waals surface area contributed by atoms with Gasteiger partial charge in [-0.1, -0.05) is 6.92 Å². The lowest BCUT2D eigenvalue weighted by atomic mass is 9.85. The zero-order valence-electron chi connectivity index (χ0n) is 10.6. The summed E-state index contributed by atoms with van der Waals surface area (Å²) in [5, 5.41) is 11.6. The van der Waals surface area contributed by atoms with Crippen LogP contribution in [0.25, 0.3) is 0 Å². The Morgan fingerprint density at radius 3 is 2.82 bits per heavy atom. The third kappa shape index (κ3) is 4.24. The fourth-order valence-electron chi connectivity index (χ4n) is 2.36. The predicted molar refractivity (Wildman–Crippen MR) is 64.8 cm³/mol. The van der Waals surface area contributed by atoms with Crippen LogP contribution < -0.4 is 5.32 Å². The van der Waals surface area contributed by atoms with E-state index in [1.807, 2.05) is 13.8 Å². The highest BCUT2D eigenvalue weighted by molar-refractivity contribution is 5.74. The summed E-state index contributed by atoms with van der Waals surface area (Å²) in [6, 6.07) is -0.0280. The Labute approximate surface area is 102 Å². The van der Waals surface area contributed by atoms with Crippen molar-refractivity contribution in [3.63, 3.8) is 0 Å². The monoisotopic (exact) mass is 242 g/mol. The number of nitrogens with one attached hydrogen (secondary N) is 1. The molecule has 2 unspecified atom stereocenters. The van der Waals surface area contributed by atoms with Gasteiger partial charge in [-0.3, -0.25) is 4.79 Å². The van der Waals surface area contributed by atoms with E-state index >= 15 is 0 Å². The number of amides is 2. The number of aliphatic carboxylic acids is 1. The van der Waals surface area contributed by atoms with Gasteiger partial charge >= 0.3 is 12.0 Å². The first-order valence-corrected chi connectivity index (χ1v) is 6.29. The number of carboxylic acid groups (broad SMARTS) is 1. The molecule has 0 aromatic heterocycles. The normalized spacial score (nSPS) is 22.0. The maximum Gasteiger partial charge on any atom is 0.317 e. The molecule has 1 heterocycles. The minimum atomic E-state index is -0.757. The van der Waals surface area contributed by atoms with Gasteiger partial charge in [0, 0.05) is 26.1 Å². The zero-order valence-corrected chi connectivity index (χ0v) is 10.6. The minimum absolute atomic E-state index is 0.0280. The molecule has 17 heavy (non-hydrogen) atoms. The highest BCUT2D eigenvalue weighted by Crippen LogP contribution is 2.26. The number of hydrogen-bond donors (Lipinski definition) is 2. The molecule has 98 valence electrons. The smallest absolute Gasteiger partial charge is 0.317 e. The van der Waals surface area contributed by atoms with E-state index in [2.05, 4.69) is 5.32 Å².